The first-order valence-electron chi connectivity index (χ1n) is 21.0. The van der Waals surface area contributed by atoms with Gasteiger partial charge in [-0.05, 0) is 115 Å². The van der Waals surface area contributed by atoms with Crippen molar-refractivity contribution in [2.45, 2.75) is 24.7 Å². The lowest BCUT2D eigenvalue weighted by molar-refractivity contribution is 0.660. The van der Waals surface area contributed by atoms with Crippen LogP contribution in [0.3, 0.4) is 0 Å². The highest BCUT2D eigenvalue weighted by Gasteiger charge is 2.52. The Balaban J connectivity index is 1.02. The molecule has 0 amide bonds. The summed E-state index contributed by atoms with van der Waals surface area (Å²) >= 11 is 0. The smallest absolute Gasteiger partial charge is 0.143 e. The normalized spacial score (nSPS) is 14.4. The minimum absolute atomic E-state index is 0.121. The Morgan fingerprint density at radius 1 is 0.367 bits per heavy atom. The predicted molar refractivity (Wildman–Crippen MR) is 248 cm³/mol. The Labute approximate surface area is 349 Å². The minimum Gasteiger partial charge on any atom is -0.455 e. The quantitative estimate of drug-likeness (QED) is 0.177. The van der Waals surface area contributed by atoms with Gasteiger partial charge in [-0.3, -0.25) is 0 Å². The lowest BCUT2D eigenvalue weighted by Crippen LogP contribution is -2.25. The number of benzene rings is 9. The lowest BCUT2D eigenvalue weighted by Gasteiger charge is -2.30. The Bertz CT molecular complexity index is 3360. The molecule has 1 spiro atoms. The van der Waals surface area contributed by atoms with Crippen molar-refractivity contribution >= 4 is 39.0 Å². The highest BCUT2D eigenvalue weighted by Crippen LogP contribution is 2.64. The number of hydrogen-bond acceptors (Lipinski definition) is 2. The maximum Gasteiger partial charge on any atom is 0.143 e. The predicted octanol–water partition coefficient (Wildman–Crippen LogP) is 15.4. The topological polar surface area (TPSA) is 16.4 Å². The zero-order valence-corrected chi connectivity index (χ0v) is 33.4. The number of anilines is 3. The van der Waals surface area contributed by atoms with Crippen LogP contribution in [0, 0.1) is 0 Å². The average molecular weight is 766 g/mol. The molecule has 3 aliphatic rings. The zero-order chi connectivity index (χ0) is 39.7. The molecule has 0 bridgehead atoms. The molecule has 0 unspecified atom stereocenters. The van der Waals surface area contributed by atoms with E-state index in [9.17, 15) is 0 Å². The monoisotopic (exact) mass is 765 g/mol. The fourth-order valence-electron chi connectivity index (χ4n) is 11.2. The molecule has 13 rings (SSSR count). The number of hydrogen-bond donors (Lipinski definition) is 0. The number of rotatable bonds is 4. The molecule has 0 fully saturated rings. The Kier molecular flexibility index (Phi) is 6.74. The molecule has 1 aromatic heterocycles. The summed E-state index contributed by atoms with van der Waals surface area (Å²) in [6.45, 7) is 4.71. The summed E-state index contributed by atoms with van der Waals surface area (Å²) in [6, 6.07) is 73.9. The van der Waals surface area contributed by atoms with Crippen molar-refractivity contribution in [3.8, 4) is 44.5 Å². The first kappa shape index (κ1) is 33.5. The maximum atomic E-state index is 7.05. The van der Waals surface area contributed by atoms with Crippen LogP contribution in [0.25, 0.3) is 66.4 Å². The molecular weight excluding hydrogens is 727 g/mol. The van der Waals surface area contributed by atoms with Crippen molar-refractivity contribution in [2.75, 3.05) is 4.90 Å². The van der Waals surface area contributed by atoms with Crippen LogP contribution in [-0.4, -0.2) is 0 Å². The van der Waals surface area contributed by atoms with Crippen molar-refractivity contribution in [3.63, 3.8) is 0 Å². The number of fused-ring (bicyclic) bond motifs is 17. The first-order valence-corrected chi connectivity index (χ1v) is 21.0. The van der Waals surface area contributed by atoms with E-state index in [-0.39, 0.29) is 5.41 Å². The molecule has 60 heavy (non-hydrogen) atoms. The van der Waals surface area contributed by atoms with E-state index >= 15 is 0 Å². The molecule has 282 valence electrons. The van der Waals surface area contributed by atoms with Gasteiger partial charge in [0.05, 0.1) is 5.41 Å². The van der Waals surface area contributed by atoms with E-state index in [1.165, 1.54) is 77.9 Å². The highest BCUT2D eigenvalue weighted by atomic mass is 16.3. The second-order valence-corrected chi connectivity index (χ2v) is 17.2. The van der Waals surface area contributed by atoms with Gasteiger partial charge < -0.3 is 9.32 Å². The Morgan fingerprint density at radius 2 is 0.883 bits per heavy atom. The van der Waals surface area contributed by atoms with Crippen LogP contribution < -0.4 is 4.90 Å². The number of nitrogens with zero attached hydrogens (tertiary/aromatic N) is 1. The van der Waals surface area contributed by atoms with Gasteiger partial charge in [-0.2, -0.15) is 0 Å². The van der Waals surface area contributed by atoms with Gasteiger partial charge in [0.1, 0.15) is 11.2 Å². The zero-order valence-electron chi connectivity index (χ0n) is 33.4. The van der Waals surface area contributed by atoms with Gasteiger partial charge in [0, 0.05) is 38.8 Å². The van der Waals surface area contributed by atoms with Gasteiger partial charge in [-0.1, -0.05) is 172 Å². The average Bonchev–Trinajstić information content (AvgIpc) is 3.99. The van der Waals surface area contributed by atoms with Crippen LogP contribution in [0.15, 0.2) is 205 Å². The van der Waals surface area contributed by atoms with Gasteiger partial charge in [0.25, 0.3) is 0 Å². The second kappa shape index (κ2) is 12.1. The summed E-state index contributed by atoms with van der Waals surface area (Å²) in [7, 11) is 0. The van der Waals surface area contributed by atoms with Crippen molar-refractivity contribution in [3.05, 3.63) is 234 Å². The van der Waals surface area contributed by atoms with Crippen LogP contribution in [0.5, 0.6) is 0 Å². The summed E-state index contributed by atoms with van der Waals surface area (Å²) in [5, 5.41) is 2.23. The molecular formula is C58H39NO. The summed E-state index contributed by atoms with van der Waals surface area (Å²) in [5.41, 5.74) is 22.7. The SMILES string of the molecule is CC1(C)c2ccccc2-c2ccc(N(c3ccc(-c4ccccc4)cc3)c3ccc4oc5c6c(ccc5c4c3)C3(c4ccccc4-c4ccccc43)c3ccccc3-6)cc21. The van der Waals surface area contributed by atoms with Gasteiger partial charge in [0.15, 0.2) is 0 Å². The molecule has 0 atom stereocenters. The van der Waals surface area contributed by atoms with Crippen molar-refractivity contribution < 1.29 is 4.42 Å². The van der Waals surface area contributed by atoms with Gasteiger partial charge >= 0.3 is 0 Å². The van der Waals surface area contributed by atoms with Crippen LogP contribution in [0.4, 0.5) is 17.1 Å². The van der Waals surface area contributed by atoms with Gasteiger partial charge in [-0.15, -0.1) is 0 Å². The minimum atomic E-state index is -0.416. The van der Waals surface area contributed by atoms with E-state index in [1.54, 1.807) is 0 Å². The standard InChI is InChI=1S/C58H39NO/c1-57(2)48-20-10-6-16-41(48)44-30-28-40(35-53(44)57)59(38-26-24-37(25-27-38)36-14-4-3-5-15-36)39-29-33-54-47(34-39)45-31-32-52-55(56(45)60-54)46-19-9-13-23-51(46)58(52)49-21-11-7-17-42(49)43-18-8-12-22-50(43)58/h3-35H,1-2H3. The highest BCUT2D eigenvalue weighted by molar-refractivity contribution is 6.14. The molecule has 2 nitrogen and oxygen atoms in total. The summed E-state index contributed by atoms with van der Waals surface area (Å²) in [6.07, 6.45) is 0. The van der Waals surface area contributed by atoms with E-state index in [0.29, 0.717) is 0 Å². The molecule has 0 saturated carbocycles. The Morgan fingerprint density at radius 3 is 1.58 bits per heavy atom. The molecule has 0 N–H and O–H groups in total. The molecule has 0 radical (unpaired) electrons. The molecule has 9 aromatic carbocycles. The fraction of sp³-hybridized carbons (Fsp3) is 0.0690. The molecule has 10 aromatic rings. The van der Waals surface area contributed by atoms with Crippen molar-refractivity contribution in [2.24, 2.45) is 0 Å². The number of furan rings is 1. The fourth-order valence-corrected chi connectivity index (χ4v) is 11.2. The molecule has 2 heteroatoms. The van der Waals surface area contributed by atoms with E-state index in [4.69, 9.17) is 4.42 Å². The van der Waals surface area contributed by atoms with Crippen LogP contribution in [0.1, 0.15) is 47.2 Å². The van der Waals surface area contributed by atoms with Crippen LogP contribution in [0.2, 0.25) is 0 Å². The van der Waals surface area contributed by atoms with Gasteiger partial charge in [0.2, 0.25) is 0 Å². The second-order valence-electron chi connectivity index (χ2n) is 17.2. The third kappa shape index (κ3) is 4.32. The largest absolute Gasteiger partial charge is 0.455 e. The van der Waals surface area contributed by atoms with Crippen LogP contribution in [-0.2, 0) is 10.8 Å². The molecule has 0 aliphatic heterocycles. The van der Waals surface area contributed by atoms with Crippen molar-refractivity contribution in [1.82, 2.24) is 0 Å². The third-order valence-electron chi connectivity index (χ3n) is 13.9. The summed E-state index contributed by atoms with van der Waals surface area (Å²) in [4.78, 5) is 2.41. The molecule has 3 aliphatic carbocycles. The summed E-state index contributed by atoms with van der Waals surface area (Å²) in [5.74, 6) is 0. The third-order valence-corrected chi connectivity index (χ3v) is 13.9. The van der Waals surface area contributed by atoms with Crippen molar-refractivity contribution in [1.29, 1.82) is 0 Å². The molecule has 1 heterocycles. The van der Waals surface area contributed by atoms with E-state index in [1.807, 2.05) is 0 Å². The first-order chi connectivity index (χ1) is 29.5. The van der Waals surface area contributed by atoms with E-state index < -0.39 is 5.41 Å². The maximum absolute atomic E-state index is 7.05. The van der Waals surface area contributed by atoms with E-state index in [0.717, 1.165) is 39.0 Å². The van der Waals surface area contributed by atoms with E-state index in [2.05, 4.69) is 219 Å². The molecule has 0 saturated heterocycles. The lowest BCUT2D eigenvalue weighted by atomic mass is 9.70. The Hall–Kier alpha value is -7.42. The van der Waals surface area contributed by atoms with Crippen LogP contribution >= 0.6 is 0 Å². The van der Waals surface area contributed by atoms with Gasteiger partial charge in [-0.25, -0.2) is 0 Å². The summed E-state index contributed by atoms with van der Waals surface area (Å²) < 4.78 is 7.05.